The maximum atomic E-state index is 14.2. The van der Waals surface area contributed by atoms with E-state index in [-0.39, 0.29) is 29.9 Å². The summed E-state index contributed by atoms with van der Waals surface area (Å²) < 4.78 is 21.0. The molecule has 0 spiro atoms. The maximum absolute atomic E-state index is 14.2. The number of hydrogen-bond donors (Lipinski definition) is 3. The van der Waals surface area contributed by atoms with Gasteiger partial charge in [0.15, 0.2) is 0 Å². The van der Waals surface area contributed by atoms with Gasteiger partial charge in [-0.2, -0.15) is 14.4 Å². The van der Waals surface area contributed by atoms with E-state index in [2.05, 4.69) is 30.8 Å². The molecule has 180 valence electrons. The zero-order chi connectivity index (χ0) is 24.1. The Morgan fingerprint density at radius 3 is 2.91 bits per heavy atom. The summed E-state index contributed by atoms with van der Waals surface area (Å²) in [4.78, 5) is 28.3. The van der Waals surface area contributed by atoms with Crippen molar-refractivity contribution in [3.8, 4) is 6.01 Å². The molecule has 6 rings (SSSR count). The Balaban J connectivity index is 1.31. The molecule has 2 atom stereocenters. The van der Waals surface area contributed by atoms with Crippen molar-refractivity contribution < 1.29 is 13.9 Å². The van der Waals surface area contributed by atoms with Gasteiger partial charge in [0.25, 0.3) is 5.91 Å². The highest BCUT2D eigenvalue weighted by atomic mass is 32.1. The Morgan fingerprint density at radius 1 is 1.20 bits per heavy atom. The van der Waals surface area contributed by atoms with E-state index >= 15 is 0 Å². The third-order valence-electron chi connectivity index (χ3n) is 6.24. The zero-order valence-corrected chi connectivity index (χ0v) is 20.1. The molecule has 2 aliphatic heterocycles. The van der Waals surface area contributed by atoms with Crippen LogP contribution in [-0.4, -0.2) is 64.6 Å². The number of aromatic nitrogens is 3. The number of pyridine rings is 1. The quantitative estimate of drug-likeness (QED) is 0.370. The molecule has 9 nitrogen and oxygen atoms in total. The lowest BCUT2D eigenvalue weighted by Gasteiger charge is -2.13. The van der Waals surface area contributed by atoms with Crippen LogP contribution in [0.4, 0.5) is 21.7 Å². The van der Waals surface area contributed by atoms with Crippen LogP contribution in [0.1, 0.15) is 23.0 Å². The molecule has 0 radical (unpaired) electrons. The Hall–Kier alpha value is -3.57. The van der Waals surface area contributed by atoms with Gasteiger partial charge in [-0.1, -0.05) is 0 Å². The lowest BCUT2D eigenvalue weighted by Crippen LogP contribution is -2.34. The van der Waals surface area contributed by atoms with Crippen molar-refractivity contribution in [2.75, 3.05) is 37.3 Å². The van der Waals surface area contributed by atoms with Crippen LogP contribution in [0.5, 0.6) is 6.01 Å². The van der Waals surface area contributed by atoms with Gasteiger partial charge >= 0.3 is 6.01 Å². The minimum Gasteiger partial charge on any atom is -0.459 e. The van der Waals surface area contributed by atoms with Crippen molar-refractivity contribution in [2.45, 2.75) is 25.5 Å². The Morgan fingerprint density at radius 2 is 2.09 bits per heavy atom. The first-order chi connectivity index (χ1) is 16.9. The maximum Gasteiger partial charge on any atom is 0.321 e. The minimum atomic E-state index is -0.675. The van der Waals surface area contributed by atoms with Crippen LogP contribution in [0.25, 0.3) is 21.0 Å². The summed E-state index contributed by atoms with van der Waals surface area (Å²) in [6, 6.07) is 8.93. The largest absolute Gasteiger partial charge is 0.459 e. The third-order valence-corrected chi connectivity index (χ3v) is 7.40. The second-order valence-electron chi connectivity index (χ2n) is 9.04. The number of ether oxygens (including phenoxy) is 1. The van der Waals surface area contributed by atoms with Crippen LogP contribution in [0.3, 0.4) is 0 Å². The predicted octanol–water partition coefficient (Wildman–Crippen LogP) is 3.75. The van der Waals surface area contributed by atoms with Gasteiger partial charge in [0.2, 0.25) is 5.95 Å². The summed E-state index contributed by atoms with van der Waals surface area (Å²) in [5, 5.41) is 11.4. The number of fused-ring (bicyclic) bond motifs is 5. The van der Waals surface area contributed by atoms with Gasteiger partial charge in [-0.15, -0.1) is 11.3 Å². The lowest BCUT2D eigenvalue weighted by molar-refractivity contribution is 0.0949. The number of nitrogens with zero attached hydrogens (tertiary/aromatic N) is 4. The average Bonchev–Trinajstić information content (AvgIpc) is 3.36. The van der Waals surface area contributed by atoms with E-state index in [9.17, 15) is 9.18 Å². The number of likely N-dealkylation sites (tertiary alicyclic amines) is 1. The van der Waals surface area contributed by atoms with Gasteiger partial charge in [0.05, 0.1) is 11.2 Å². The topological polar surface area (TPSA) is 104 Å². The second-order valence-corrected chi connectivity index (χ2v) is 10.1. The number of likely N-dealkylation sites (N-methyl/N-ethyl adjacent to an activating group) is 1. The van der Waals surface area contributed by atoms with Crippen LogP contribution < -0.4 is 20.7 Å². The van der Waals surface area contributed by atoms with E-state index in [1.165, 1.54) is 17.4 Å². The third kappa shape index (κ3) is 4.21. The molecule has 1 saturated heterocycles. The van der Waals surface area contributed by atoms with Crippen molar-refractivity contribution in [1.82, 2.24) is 25.2 Å². The molecule has 1 amide bonds. The zero-order valence-electron chi connectivity index (χ0n) is 19.3. The molecule has 35 heavy (non-hydrogen) atoms. The van der Waals surface area contributed by atoms with Crippen molar-refractivity contribution in [1.29, 1.82) is 0 Å². The second kappa shape index (κ2) is 8.58. The highest BCUT2D eigenvalue weighted by Crippen LogP contribution is 2.41. The molecule has 0 bridgehead atoms. The summed E-state index contributed by atoms with van der Waals surface area (Å²) in [5.74, 6) is 0.0442. The molecule has 5 heterocycles. The standard InChI is InChI=1S/C24H24FN7O2S/c1-12-10-26-21-20-14-3-6-18(28-15(14)4-5-16(20)35-22(21)23(33)27-12)30-19-9-17(25)29-24(31-19)34-13-7-8-32(2)11-13/h3-6,9,12-13,26H,7-8,10-11H2,1-2H3,(H,27,33)(H,28,29,30,31)/t12-,13-/m1/s1. The minimum absolute atomic E-state index is 0.00911. The number of nitrogens with one attached hydrogen (secondary N) is 3. The number of anilines is 3. The van der Waals surface area contributed by atoms with E-state index < -0.39 is 5.95 Å². The van der Waals surface area contributed by atoms with Crippen molar-refractivity contribution in [3.05, 3.63) is 41.2 Å². The molecular weight excluding hydrogens is 469 g/mol. The summed E-state index contributed by atoms with van der Waals surface area (Å²) >= 11 is 1.47. The van der Waals surface area contributed by atoms with Gasteiger partial charge in [-0.05, 0) is 44.7 Å². The molecule has 3 aromatic heterocycles. The fourth-order valence-electron chi connectivity index (χ4n) is 4.58. The molecule has 0 saturated carbocycles. The molecule has 2 aliphatic rings. The predicted molar refractivity (Wildman–Crippen MR) is 134 cm³/mol. The van der Waals surface area contributed by atoms with Crippen LogP contribution in [0.15, 0.2) is 30.3 Å². The van der Waals surface area contributed by atoms with Gasteiger partial charge in [-0.3, -0.25) is 4.79 Å². The molecular formula is C24H24FN7O2S. The van der Waals surface area contributed by atoms with Gasteiger partial charge in [-0.25, -0.2) is 4.98 Å². The number of halogens is 1. The Labute approximate surface area is 204 Å². The number of amides is 1. The average molecular weight is 494 g/mol. The fraction of sp³-hybridized carbons (Fsp3) is 0.333. The number of thiophene rings is 1. The van der Waals surface area contributed by atoms with E-state index in [1.54, 1.807) is 0 Å². The first-order valence-corrected chi connectivity index (χ1v) is 12.3. The SMILES string of the molecule is C[C@@H]1CNc2c(sc3ccc4nc(Nc5cc(F)nc(O[C@@H]6CCN(C)C6)n5)ccc4c23)C(=O)N1. The normalized spacial score (nSPS) is 20.4. The van der Waals surface area contributed by atoms with Crippen LogP contribution in [0, 0.1) is 5.95 Å². The first-order valence-electron chi connectivity index (χ1n) is 11.5. The summed E-state index contributed by atoms with van der Waals surface area (Å²) in [6.45, 7) is 4.30. The molecule has 3 N–H and O–H groups in total. The summed E-state index contributed by atoms with van der Waals surface area (Å²) in [5.41, 5.74) is 1.60. The summed E-state index contributed by atoms with van der Waals surface area (Å²) in [7, 11) is 2.01. The Bertz CT molecular complexity index is 1460. The van der Waals surface area contributed by atoms with Gasteiger partial charge in [0, 0.05) is 47.2 Å². The number of carbonyl (C=O) groups is 1. The fourth-order valence-corrected chi connectivity index (χ4v) is 5.68. The molecule has 11 heteroatoms. The van der Waals surface area contributed by atoms with Gasteiger partial charge in [0.1, 0.15) is 22.6 Å². The highest BCUT2D eigenvalue weighted by Gasteiger charge is 2.25. The molecule has 1 fully saturated rings. The first kappa shape index (κ1) is 21.9. The van der Waals surface area contributed by atoms with E-state index in [1.807, 2.05) is 38.2 Å². The molecule has 4 aromatic rings. The van der Waals surface area contributed by atoms with E-state index in [0.717, 1.165) is 46.2 Å². The number of carbonyl (C=O) groups excluding carboxylic acids is 1. The monoisotopic (exact) mass is 493 g/mol. The smallest absolute Gasteiger partial charge is 0.321 e. The number of hydrogen-bond acceptors (Lipinski definition) is 9. The molecule has 0 aliphatic carbocycles. The molecule has 0 unspecified atom stereocenters. The number of benzene rings is 1. The summed E-state index contributed by atoms with van der Waals surface area (Å²) in [6.07, 6.45) is 0.789. The highest BCUT2D eigenvalue weighted by molar-refractivity contribution is 7.21. The molecule has 1 aromatic carbocycles. The lowest BCUT2D eigenvalue weighted by atomic mass is 10.1. The van der Waals surface area contributed by atoms with E-state index in [4.69, 9.17) is 9.72 Å². The number of rotatable bonds is 4. The van der Waals surface area contributed by atoms with Crippen LogP contribution in [-0.2, 0) is 0 Å². The van der Waals surface area contributed by atoms with Crippen LogP contribution in [0.2, 0.25) is 0 Å². The van der Waals surface area contributed by atoms with Crippen molar-refractivity contribution in [3.63, 3.8) is 0 Å². The Kier molecular flexibility index (Phi) is 5.37. The van der Waals surface area contributed by atoms with Gasteiger partial charge < -0.3 is 25.6 Å². The van der Waals surface area contributed by atoms with E-state index in [0.29, 0.717) is 17.2 Å². The van der Waals surface area contributed by atoms with Crippen molar-refractivity contribution in [2.24, 2.45) is 0 Å². The van der Waals surface area contributed by atoms with Crippen LogP contribution >= 0.6 is 11.3 Å². The van der Waals surface area contributed by atoms with Crippen molar-refractivity contribution >= 4 is 55.6 Å².